The first-order chi connectivity index (χ1) is 6.81. The van der Waals surface area contributed by atoms with Crippen molar-refractivity contribution >= 4 is 27.0 Å². The maximum absolute atomic E-state index is 11.8. The van der Waals surface area contributed by atoms with E-state index < -0.39 is 10.0 Å². The molecular formula is C9H14N2O2S2. The highest BCUT2D eigenvalue weighted by molar-refractivity contribution is 7.91. The topological polar surface area (TPSA) is 72.2 Å². The summed E-state index contributed by atoms with van der Waals surface area (Å²) in [4.78, 5) is 0. The van der Waals surface area contributed by atoms with Gasteiger partial charge < -0.3 is 5.73 Å². The molecule has 0 aromatic carbocycles. The molecule has 0 amide bonds. The summed E-state index contributed by atoms with van der Waals surface area (Å²) >= 11 is 1.15. The largest absolute Gasteiger partial charge is 0.398 e. The van der Waals surface area contributed by atoms with E-state index in [-0.39, 0.29) is 11.5 Å². The second-order valence-corrected chi connectivity index (χ2v) is 7.42. The van der Waals surface area contributed by atoms with E-state index in [1.165, 1.54) is 6.07 Å². The summed E-state index contributed by atoms with van der Waals surface area (Å²) in [6.45, 7) is 4.09. The van der Waals surface area contributed by atoms with E-state index in [0.29, 0.717) is 9.90 Å². The van der Waals surface area contributed by atoms with E-state index in [2.05, 4.69) is 4.72 Å². The predicted octanol–water partition coefficient (Wildman–Crippen LogP) is 1.41. The molecule has 6 heteroatoms. The molecule has 0 spiro atoms. The van der Waals surface area contributed by atoms with E-state index in [0.717, 1.165) is 17.8 Å². The number of sulfonamides is 1. The second kappa shape index (κ2) is 3.20. The van der Waals surface area contributed by atoms with Crippen LogP contribution in [0.15, 0.2) is 15.7 Å². The standard InChI is InChI=1S/C9H14N2O2S2/c1-9(2)4-7(9)11-15(12,13)8-3-6(10)5-14-8/h3,5,7,11H,4,10H2,1-2H3. The molecule has 1 fully saturated rings. The van der Waals surface area contributed by atoms with Crippen LogP contribution in [-0.2, 0) is 10.0 Å². The van der Waals surface area contributed by atoms with Crippen LogP contribution in [0, 0.1) is 5.41 Å². The fraction of sp³-hybridized carbons (Fsp3) is 0.556. The molecule has 3 N–H and O–H groups in total. The Kier molecular flexibility index (Phi) is 2.33. The van der Waals surface area contributed by atoms with Crippen molar-refractivity contribution in [1.82, 2.24) is 4.72 Å². The van der Waals surface area contributed by atoms with Crippen LogP contribution in [0.1, 0.15) is 20.3 Å². The van der Waals surface area contributed by atoms with Crippen molar-refractivity contribution in [2.24, 2.45) is 5.41 Å². The maximum atomic E-state index is 11.8. The highest BCUT2D eigenvalue weighted by Gasteiger charge is 2.48. The molecule has 0 aliphatic heterocycles. The van der Waals surface area contributed by atoms with Gasteiger partial charge in [-0.25, -0.2) is 13.1 Å². The van der Waals surface area contributed by atoms with E-state index in [1.807, 2.05) is 13.8 Å². The lowest BCUT2D eigenvalue weighted by molar-refractivity contribution is 0.556. The Labute approximate surface area is 93.5 Å². The summed E-state index contributed by atoms with van der Waals surface area (Å²) in [5.74, 6) is 0. The van der Waals surface area contributed by atoms with Crippen molar-refractivity contribution in [2.45, 2.75) is 30.5 Å². The third kappa shape index (κ3) is 2.16. The minimum atomic E-state index is -3.36. The molecular weight excluding hydrogens is 232 g/mol. The average Bonchev–Trinajstić information content (AvgIpc) is 2.53. The second-order valence-electron chi connectivity index (χ2n) is 4.57. The summed E-state index contributed by atoms with van der Waals surface area (Å²) in [6.07, 6.45) is 0.896. The number of hydrogen-bond acceptors (Lipinski definition) is 4. The van der Waals surface area contributed by atoms with Gasteiger partial charge in [0.2, 0.25) is 10.0 Å². The lowest BCUT2D eigenvalue weighted by Gasteiger charge is -2.05. The van der Waals surface area contributed by atoms with Gasteiger partial charge >= 0.3 is 0 Å². The van der Waals surface area contributed by atoms with Crippen molar-refractivity contribution in [2.75, 3.05) is 5.73 Å². The molecule has 1 saturated carbocycles. The minimum absolute atomic E-state index is 0.0609. The van der Waals surface area contributed by atoms with Crippen molar-refractivity contribution < 1.29 is 8.42 Å². The van der Waals surface area contributed by atoms with Crippen molar-refractivity contribution in [3.63, 3.8) is 0 Å². The van der Waals surface area contributed by atoms with Crippen LogP contribution in [0.3, 0.4) is 0 Å². The highest BCUT2D eigenvalue weighted by Crippen LogP contribution is 2.45. The van der Waals surface area contributed by atoms with Gasteiger partial charge in [-0.05, 0) is 17.9 Å². The molecule has 0 saturated heterocycles. The zero-order chi connectivity index (χ0) is 11.3. The highest BCUT2D eigenvalue weighted by atomic mass is 32.2. The fourth-order valence-corrected chi connectivity index (χ4v) is 3.89. The Morgan fingerprint density at radius 2 is 2.20 bits per heavy atom. The van der Waals surface area contributed by atoms with Gasteiger partial charge in [0, 0.05) is 17.1 Å². The third-order valence-electron chi connectivity index (χ3n) is 2.67. The Bertz CT molecular complexity index is 476. The van der Waals surface area contributed by atoms with E-state index in [9.17, 15) is 8.42 Å². The van der Waals surface area contributed by atoms with E-state index in [1.54, 1.807) is 5.38 Å². The molecule has 1 aromatic rings. The zero-order valence-corrected chi connectivity index (χ0v) is 10.3. The van der Waals surface area contributed by atoms with E-state index >= 15 is 0 Å². The van der Waals surface area contributed by atoms with Crippen molar-refractivity contribution in [3.05, 3.63) is 11.4 Å². The molecule has 1 aliphatic rings. The lowest BCUT2D eigenvalue weighted by Crippen LogP contribution is -2.27. The van der Waals surface area contributed by atoms with Crippen LogP contribution >= 0.6 is 11.3 Å². The molecule has 84 valence electrons. The van der Waals surface area contributed by atoms with E-state index in [4.69, 9.17) is 5.73 Å². The molecule has 1 aliphatic carbocycles. The number of anilines is 1. The molecule has 2 rings (SSSR count). The summed E-state index contributed by atoms with van der Waals surface area (Å²) in [6, 6.07) is 1.55. The van der Waals surface area contributed by atoms with Gasteiger partial charge in [0.25, 0.3) is 0 Å². The lowest BCUT2D eigenvalue weighted by atomic mass is 10.2. The van der Waals surface area contributed by atoms with Gasteiger partial charge in [-0.2, -0.15) is 0 Å². The maximum Gasteiger partial charge on any atom is 0.250 e. The Hall–Kier alpha value is -0.590. The van der Waals surface area contributed by atoms with Crippen LogP contribution in [0.2, 0.25) is 0 Å². The fourth-order valence-electron chi connectivity index (χ4n) is 1.38. The first-order valence-corrected chi connectivity index (χ1v) is 7.04. The third-order valence-corrected chi connectivity index (χ3v) is 5.60. The summed E-state index contributed by atoms with van der Waals surface area (Å²) in [5, 5.41) is 1.63. The normalized spacial score (nSPS) is 24.0. The Balaban J connectivity index is 2.15. The van der Waals surface area contributed by atoms with Crippen LogP contribution in [0.4, 0.5) is 5.69 Å². The number of nitrogens with one attached hydrogen (secondary N) is 1. The van der Waals surface area contributed by atoms with Gasteiger partial charge in [0.15, 0.2) is 0 Å². The zero-order valence-electron chi connectivity index (χ0n) is 8.65. The predicted molar refractivity (Wildman–Crippen MR) is 61.2 cm³/mol. The van der Waals surface area contributed by atoms with Crippen LogP contribution in [0.5, 0.6) is 0 Å². The van der Waals surface area contributed by atoms with Gasteiger partial charge in [-0.15, -0.1) is 11.3 Å². The van der Waals surface area contributed by atoms with Gasteiger partial charge in [0.05, 0.1) is 0 Å². The number of thiophene rings is 1. The smallest absolute Gasteiger partial charge is 0.250 e. The van der Waals surface area contributed by atoms with Crippen LogP contribution in [0.25, 0.3) is 0 Å². The molecule has 1 heterocycles. The molecule has 4 nitrogen and oxygen atoms in total. The Morgan fingerprint density at radius 1 is 1.60 bits per heavy atom. The summed E-state index contributed by atoms with van der Waals surface area (Å²) < 4.78 is 26.6. The Morgan fingerprint density at radius 3 is 2.60 bits per heavy atom. The summed E-state index contributed by atoms with van der Waals surface area (Å²) in [7, 11) is -3.36. The number of hydrogen-bond donors (Lipinski definition) is 2. The monoisotopic (exact) mass is 246 g/mol. The molecule has 15 heavy (non-hydrogen) atoms. The van der Waals surface area contributed by atoms with Gasteiger partial charge in [-0.3, -0.25) is 0 Å². The van der Waals surface area contributed by atoms with Crippen molar-refractivity contribution in [1.29, 1.82) is 0 Å². The molecule has 0 radical (unpaired) electrons. The minimum Gasteiger partial charge on any atom is -0.398 e. The van der Waals surface area contributed by atoms with Gasteiger partial charge in [0.1, 0.15) is 4.21 Å². The molecule has 1 atom stereocenters. The molecule has 0 bridgehead atoms. The quantitative estimate of drug-likeness (QED) is 0.847. The average molecular weight is 246 g/mol. The van der Waals surface area contributed by atoms with Gasteiger partial charge in [-0.1, -0.05) is 13.8 Å². The number of nitrogens with two attached hydrogens (primary N) is 1. The number of rotatable bonds is 3. The molecule has 1 aromatic heterocycles. The van der Waals surface area contributed by atoms with Crippen molar-refractivity contribution in [3.8, 4) is 0 Å². The first-order valence-electron chi connectivity index (χ1n) is 4.68. The number of nitrogen functional groups attached to an aromatic ring is 1. The first kappa shape index (κ1) is 10.9. The molecule has 1 unspecified atom stereocenters. The SMILES string of the molecule is CC1(C)CC1NS(=O)(=O)c1cc(N)cs1. The summed E-state index contributed by atoms with van der Waals surface area (Å²) in [5.41, 5.74) is 6.08. The van der Waals surface area contributed by atoms with Crippen LogP contribution < -0.4 is 10.5 Å². The van der Waals surface area contributed by atoms with Crippen LogP contribution in [-0.4, -0.2) is 14.5 Å².